The maximum Gasteiger partial charge on any atom is 0.245 e. The van der Waals surface area contributed by atoms with Crippen molar-refractivity contribution in [3.8, 4) is 0 Å². The van der Waals surface area contributed by atoms with E-state index in [1.807, 2.05) is 31.2 Å². The molecule has 0 saturated heterocycles. The second-order valence-corrected chi connectivity index (χ2v) is 8.09. The summed E-state index contributed by atoms with van der Waals surface area (Å²) in [5.41, 5.74) is -0.0516. The van der Waals surface area contributed by atoms with E-state index in [-0.39, 0.29) is 24.1 Å². The number of hydrogen-bond acceptors (Lipinski definition) is 4. The third kappa shape index (κ3) is 4.03. The molecule has 1 aliphatic carbocycles. The van der Waals surface area contributed by atoms with Crippen molar-refractivity contribution in [2.24, 2.45) is 0 Å². The topological polar surface area (TPSA) is 87.3 Å². The van der Waals surface area contributed by atoms with Crippen molar-refractivity contribution < 1.29 is 14.4 Å². The number of benzene rings is 1. The van der Waals surface area contributed by atoms with Crippen molar-refractivity contribution in [1.82, 2.24) is 10.6 Å². The Labute approximate surface area is 157 Å². The van der Waals surface area contributed by atoms with E-state index in [1.54, 1.807) is 0 Å². The maximum absolute atomic E-state index is 12.7. The molecule has 7 heteroatoms. The van der Waals surface area contributed by atoms with Gasteiger partial charge in [0.25, 0.3) is 0 Å². The Morgan fingerprint density at radius 2 is 1.96 bits per heavy atom. The summed E-state index contributed by atoms with van der Waals surface area (Å²) in [4.78, 5) is 38.5. The molecule has 26 heavy (non-hydrogen) atoms. The number of carbonyl (C=O) groups is 3. The third-order valence-electron chi connectivity index (χ3n) is 4.94. The fourth-order valence-corrected chi connectivity index (χ4v) is 4.72. The number of hydrogen-bond donors (Lipinski definition) is 3. The lowest BCUT2D eigenvalue weighted by molar-refractivity contribution is -0.135. The Morgan fingerprint density at radius 1 is 1.23 bits per heavy atom. The molecule has 0 bridgehead atoms. The summed E-state index contributed by atoms with van der Waals surface area (Å²) in [6.07, 6.45) is 4.28. The Hall–Kier alpha value is -2.02. The van der Waals surface area contributed by atoms with E-state index in [0.29, 0.717) is 19.4 Å². The zero-order valence-electron chi connectivity index (χ0n) is 15.0. The minimum atomic E-state index is -0.834. The molecule has 1 aromatic carbocycles. The van der Waals surface area contributed by atoms with Gasteiger partial charge >= 0.3 is 0 Å². The largest absolute Gasteiger partial charge is 0.354 e. The molecular formula is C19H25N3O3S. The molecule has 1 aliphatic heterocycles. The lowest BCUT2D eigenvalue weighted by Crippen LogP contribution is -2.60. The Balaban J connectivity index is 1.67. The molecule has 0 spiro atoms. The van der Waals surface area contributed by atoms with Crippen LogP contribution in [-0.2, 0) is 14.4 Å². The van der Waals surface area contributed by atoms with E-state index >= 15 is 0 Å². The Morgan fingerprint density at radius 3 is 2.69 bits per heavy atom. The second-order valence-electron chi connectivity index (χ2n) is 6.85. The molecule has 1 saturated carbocycles. The van der Waals surface area contributed by atoms with Crippen LogP contribution in [0.25, 0.3) is 0 Å². The van der Waals surface area contributed by atoms with Crippen molar-refractivity contribution in [1.29, 1.82) is 0 Å². The van der Waals surface area contributed by atoms with Crippen molar-refractivity contribution in [3.05, 3.63) is 24.3 Å². The predicted octanol–water partition coefficient (Wildman–Crippen LogP) is 2.44. The van der Waals surface area contributed by atoms with E-state index in [0.717, 1.165) is 29.8 Å². The van der Waals surface area contributed by atoms with Gasteiger partial charge in [0, 0.05) is 17.9 Å². The minimum Gasteiger partial charge on any atom is -0.354 e. The molecule has 2 aliphatic rings. The monoisotopic (exact) mass is 375 g/mol. The molecule has 3 N–H and O–H groups in total. The third-order valence-corrected chi connectivity index (χ3v) is 6.21. The molecule has 0 radical (unpaired) electrons. The van der Waals surface area contributed by atoms with Crippen LogP contribution in [0.4, 0.5) is 5.69 Å². The van der Waals surface area contributed by atoms with E-state index < -0.39 is 10.8 Å². The average molecular weight is 375 g/mol. The van der Waals surface area contributed by atoms with Crippen LogP contribution in [0.3, 0.4) is 0 Å². The second kappa shape index (κ2) is 8.12. The van der Waals surface area contributed by atoms with Crippen LogP contribution in [0.1, 0.15) is 45.4 Å². The van der Waals surface area contributed by atoms with Gasteiger partial charge in [-0.2, -0.15) is 0 Å². The van der Waals surface area contributed by atoms with Gasteiger partial charge in [-0.1, -0.05) is 31.4 Å². The standard InChI is InChI=1S/C19H25N3O3S/c1-2-20-18(25)19(10-6-3-7-11-19)22-16(23)12-15-17(24)21-13-8-4-5-9-14(13)26-15/h4-5,8-9,15H,2-3,6-7,10-12H2,1H3,(H,20,25)(H,21,24)(H,22,23)/t15-/m0/s1. The average Bonchev–Trinajstić information content (AvgIpc) is 2.63. The number of fused-ring (bicyclic) bond motifs is 1. The van der Waals surface area contributed by atoms with Crippen LogP contribution in [0.15, 0.2) is 29.2 Å². The summed E-state index contributed by atoms with van der Waals surface area (Å²) < 4.78 is 0. The van der Waals surface area contributed by atoms with Gasteiger partial charge in [0.2, 0.25) is 17.7 Å². The van der Waals surface area contributed by atoms with Crippen LogP contribution in [0.5, 0.6) is 0 Å². The highest BCUT2D eigenvalue weighted by atomic mass is 32.2. The van der Waals surface area contributed by atoms with E-state index in [9.17, 15) is 14.4 Å². The van der Waals surface area contributed by atoms with Gasteiger partial charge in [-0.15, -0.1) is 11.8 Å². The number of nitrogens with one attached hydrogen (secondary N) is 3. The number of thioether (sulfide) groups is 1. The predicted molar refractivity (Wildman–Crippen MR) is 102 cm³/mol. The summed E-state index contributed by atoms with van der Waals surface area (Å²) >= 11 is 1.40. The number of rotatable bonds is 5. The summed E-state index contributed by atoms with van der Waals surface area (Å²) in [5, 5.41) is 8.18. The van der Waals surface area contributed by atoms with Gasteiger partial charge in [-0.05, 0) is 31.9 Å². The van der Waals surface area contributed by atoms with Crippen molar-refractivity contribution >= 4 is 35.2 Å². The van der Waals surface area contributed by atoms with Crippen LogP contribution >= 0.6 is 11.8 Å². The number of likely N-dealkylation sites (N-methyl/N-ethyl adjacent to an activating group) is 1. The molecule has 3 amide bonds. The summed E-state index contributed by atoms with van der Waals surface area (Å²) in [6, 6.07) is 7.56. The number of anilines is 1. The lowest BCUT2D eigenvalue weighted by atomic mass is 9.80. The van der Waals surface area contributed by atoms with Crippen molar-refractivity contribution in [2.45, 2.75) is 61.1 Å². The van der Waals surface area contributed by atoms with Gasteiger partial charge in [0.1, 0.15) is 5.54 Å². The maximum atomic E-state index is 12.7. The van der Waals surface area contributed by atoms with E-state index in [4.69, 9.17) is 0 Å². The van der Waals surface area contributed by atoms with E-state index in [1.165, 1.54) is 11.8 Å². The molecule has 140 valence electrons. The molecule has 6 nitrogen and oxygen atoms in total. The highest BCUT2D eigenvalue weighted by Crippen LogP contribution is 2.37. The zero-order chi connectivity index (χ0) is 18.6. The first-order chi connectivity index (χ1) is 12.5. The Bertz CT molecular complexity index is 701. The van der Waals surface area contributed by atoms with Crippen LogP contribution in [0.2, 0.25) is 0 Å². The normalized spacial score (nSPS) is 21.3. The summed E-state index contributed by atoms with van der Waals surface area (Å²) in [6.45, 7) is 2.41. The first kappa shape index (κ1) is 18.8. The van der Waals surface area contributed by atoms with Crippen molar-refractivity contribution in [3.63, 3.8) is 0 Å². The molecule has 1 fully saturated rings. The molecular weight excluding hydrogens is 350 g/mol. The first-order valence-corrected chi connectivity index (χ1v) is 10.1. The lowest BCUT2D eigenvalue weighted by Gasteiger charge is -2.37. The molecule has 1 heterocycles. The van der Waals surface area contributed by atoms with Crippen LogP contribution < -0.4 is 16.0 Å². The molecule has 0 unspecified atom stereocenters. The minimum absolute atomic E-state index is 0.0615. The van der Waals surface area contributed by atoms with Gasteiger partial charge in [-0.25, -0.2) is 0 Å². The van der Waals surface area contributed by atoms with E-state index in [2.05, 4.69) is 16.0 Å². The van der Waals surface area contributed by atoms with Crippen LogP contribution in [0, 0.1) is 0 Å². The van der Waals surface area contributed by atoms with Crippen molar-refractivity contribution in [2.75, 3.05) is 11.9 Å². The Kier molecular flexibility index (Phi) is 5.86. The highest BCUT2D eigenvalue weighted by molar-refractivity contribution is 8.01. The number of para-hydroxylation sites is 1. The van der Waals surface area contributed by atoms with Gasteiger partial charge in [0.05, 0.1) is 10.9 Å². The van der Waals surface area contributed by atoms with Gasteiger partial charge in [0.15, 0.2) is 0 Å². The number of amides is 3. The fraction of sp³-hybridized carbons (Fsp3) is 0.526. The zero-order valence-corrected chi connectivity index (χ0v) is 15.8. The van der Waals surface area contributed by atoms with Crippen LogP contribution in [-0.4, -0.2) is 35.1 Å². The highest BCUT2D eigenvalue weighted by Gasteiger charge is 2.41. The molecule has 1 atom stereocenters. The summed E-state index contributed by atoms with van der Waals surface area (Å²) in [7, 11) is 0. The first-order valence-electron chi connectivity index (χ1n) is 9.20. The molecule has 0 aromatic heterocycles. The summed E-state index contributed by atoms with van der Waals surface area (Å²) in [5.74, 6) is -0.524. The number of carbonyl (C=O) groups excluding carboxylic acids is 3. The van der Waals surface area contributed by atoms with Gasteiger partial charge in [-0.3, -0.25) is 14.4 Å². The smallest absolute Gasteiger partial charge is 0.245 e. The SMILES string of the molecule is CCNC(=O)C1(NC(=O)C[C@@H]2Sc3ccccc3NC2=O)CCCCC1. The quantitative estimate of drug-likeness (QED) is 0.738. The van der Waals surface area contributed by atoms with Gasteiger partial charge < -0.3 is 16.0 Å². The molecule has 1 aromatic rings. The fourth-order valence-electron chi connectivity index (χ4n) is 3.61. The molecule has 3 rings (SSSR count).